The van der Waals surface area contributed by atoms with Gasteiger partial charge in [-0.3, -0.25) is 4.90 Å². The highest BCUT2D eigenvalue weighted by molar-refractivity contribution is 7.18. The lowest BCUT2D eigenvalue weighted by Gasteiger charge is -2.26. The number of methoxy groups -OCH3 is 1. The zero-order chi connectivity index (χ0) is 21.4. The minimum atomic E-state index is 0.448. The van der Waals surface area contributed by atoms with Crippen LogP contribution in [0.25, 0.3) is 10.2 Å². The van der Waals surface area contributed by atoms with Crippen molar-refractivity contribution in [3.63, 3.8) is 0 Å². The Balaban J connectivity index is 1.48. The van der Waals surface area contributed by atoms with E-state index in [4.69, 9.17) is 19.4 Å². The Labute approximate surface area is 187 Å². The van der Waals surface area contributed by atoms with Crippen molar-refractivity contribution in [2.45, 2.75) is 32.7 Å². The number of thiophene rings is 1. The van der Waals surface area contributed by atoms with Crippen LogP contribution in [0.2, 0.25) is 0 Å². The summed E-state index contributed by atoms with van der Waals surface area (Å²) in [6.45, 7) is 10.6. The number of para-hydroxylation sites is 1. The maximum Gasteiger partial charge on any atom is 0.146 e. The monoisotopic (exact) mass is 438 g/mol. The molecule has 0 spiro atoms. The molecule has 3 aromatic rings. The summed E-state index contributed by atoms with van der Waals surface area (Å²) < 4.78 is 11.1. The third-order valence-corrected chi connectivity index (χ3v) is 7.69. The van der Waals surface area contributed by atoms with Crippen molar-refractivity contribution >= 4 is 27.4 Å². The molecule has 0 amide bonds. The molecule has 2 aromatic heterocycles. The lowest BCUT2D eigenvalue weighted by atomic mass is 9.97. The van der Waals surface area contributed by atoms with Gasteiger partial charge < -0.3 is 14.4 Å². The molecule has 2 saturated heterocycles. The number of ether oxygens (including phenoxy) is 2. The van der Waals surface area contributed by atoms with Gasteiger partial charge in [-0.05, 0) is 37.5 Å². The van der Waals surface area contributed by atoms with Gasteiger partial charge in [0.1, 0.15) is 22.2 Å². The molecule has 7 heteroatoms. The lowest BCUT2D eigenvalue weighted by Crippen LogP contribution is -2.36. The number of aryl methyl sites for hydroxylation is 2. The first-order chi connectivity index (χ1) is 15.1. The van der Waals surface area contributed by atoms with Crippen molar-refractivity contribution in [2.24, 2.45) is 0 Å². The summed E-state index contributed by atoms with van der Waals surface area (Å²) >= 11 is 1.79. The number of hydrogen-bond acceptors (Lipinski definition) is 7. The van der Waals surface area contributed by atoms with Crippen LogP contribution in [0.15, 0.2) is 24.3 Å². The number of anilines is 1. The smallest absolute Gasteiger partial charge is 0.146 e. The van der Waals surface area contributed by atoms with E-state index in [-0.39, 0.29) is 0 Å². The molecule has 0 bridgehead atoms. The van der Waals surface area contributed by atoms with Crippen LogP contribution < -0.4 is 9.64 Å². The molecule has 0 N–H and O–H groups in total. The van der Waals surface area contributed by atoms with Crippen molar-refractivity contribution in [2.75, 3.05) is 51.4 Å². The molecular formula is C24H30N4O2S. The van der Waals surface area contributed by atoms with Gasteiger partial charge in [0.2, 0.25) is 0 Å². The zero-order valence-corrected chi connectivity index (χ0v) is 19.4. The molecule has 2 fully saturated rings. The van der Waals surface area contributed by atoms with Crippen molar-refractivity contribution in [3.8, 4) is 5.75 Å². The van der Waals surface area contributed by atoms with Gasteiger partial charge in [-0.1, -0.05) is 18.2 Å². The average molecular weight is 439 g/mol. The Bertz CT molecular complexity index is 1080. The van der Waals surface area contributed by atoms with Crippen LogP contribution in [0.3, 0.4) is 0 Å². The highest BCUT2D eigenvalue weighted by Gasteiger charge is 2.29. The molecule has 1 unspecified atom stereocenters. The van der Waals surface area contributed by atoms with Gasteiger partial charge in [0, 0.05) is 37.0 Å². The van der Waals surface area contributed by atoms with E-state index < -0.39 is 0 Å². The van der Waals surface area contributed by atoms with Crippen LogP contribution in [0.5, 0.6) is 5.75 Å². The highest BCUT2D eigenvalue weighted by atomic mass is 32.1. The summed E-state index contributed by atoms with van der Waals surface area (Å²) in [5.41, 5.74) is 2.61. The predicted molar refractivity (Wildman–Crippen MR) is 126 cm³/mol. The van der Waals surface area contributed by atoms with E-state index >= 15 is 0 Å². The molecule has 0 aliphatic carbocycles. The third-order valence-electron chi connectivity index (χ3n) is 6.59. The van der Waals surface area contributed by atoms with Crippen LogP contribution in [0.1, 0.15) is 34.2 Å². The van der Waals surface area contributed by atoms with Crippen molar-refractivity contribution in [3.05, 3.63) is 46.1 Å². The van der Waals surface area contributed by atoms with Crippen molar-refractivity contribution < 1.29 is 9.47 Å². The van der Waals surface area contributed by atoms with Crippen LogP contribution in [-0.4, -0.2) is 61.4 Å². The van der Waals surface area contributed by atoms with E-state index in [1.54, 1.807) is 18.4 Å². The third kappa shape index (κ3) is 4.02. The van der Waals surface area contributed by atoms with Crippen LogP contribution in [0, 0.1) is 13.8 Å². The van der Waals surface area contributed by atoms with Gasteiger partial charge in [-0.15, -0.1) is 11.3 Å². The number of hydrogen-bond donors (Lipinski definition) is 0. The molecule has 164 valence electrons. The first-order valence-corrected chi connectivity index (χ1v) is 11.9. The second-order valence-electron chi connectivity index (χ2n) is 8.49. The Hall–Kier alpha value is -2.22. The van der Waals surface area contributed by atoms with Crippen molar-refractivity contribution in [1.29, 1.82) is 0 Å². The summed E-state index contributed by atoms with van der Waals surface area (Å²) in [5, 5.41) is 1.23. The molecule has 6 nitrogen and oxygen atoms in total. The molecule has 2 aliphatic rings. The van der Waals surface area contributed by atoms with Crippen LogP contribution in [-0.2, 0) is 11.3 Å². The predicted octanol–water partition coefficient (Wildman–Crippen LogP) is 4.14. The Kier molecular flexibility index (Phi) is 5.82. The first kappa shape index (κ1) is 20.7. The van der Waals surface area contributed by atoms with E-state index in [0.29, 0.717) is 5.92 Å². The molecule has 0 saturated carbocycles. The van der Waals surface area contributed by atoms with Crippen LogP contribution >= 0.6 is 11.3 Å². The molecule has 0 radical (unpaired) electrons. The van der Waals surface area contributed by atoms with Gasteiger partial charge in [0.25, 0.3) is 0 Å². The average Bonchev–Trinajstić information content (AvgIpc) is 3.39. The largest absolute Gasteiger partial charge is 0.496 e. The Morgan fingerprint density at radius 1 is 1.13 bits per heavy atom. The normalized spacial score (nSPS) is 20.0. The van der Waals surface area contributed by atoms with E-state index in [1.807, 2.05) is 6.07 Å². The number of morpholine rings is 1. The highest BCUT2D eigenvalue weighted by Crippen LogP contribution is 2.40. The number of benzene rings is 1. The quantitative estimate of drug-likeness (QED) is 0.597. The van der Waals surface area contributed by atoms with E-state index in [9.17, 15) is 0 Å². The topological polar surface area (TPSA) is 50.7 Å². The summed E-state index contributed by atoms with van der Waals surface area (Å²) in [4.78, 5) is 17.4. The summed E-state index contributed by atoms with van der Waals surface area (Å²) in [7, 11) is 1.76. The van der Waals surface area contributed by atoms with Gasteiger partial charge in [0.05, 0.1) is 32.3 Å². The summed E-state index contributed by atoms with van der Waals surface area (Å²) in [5.74, 6) is 3.46. The molecule has 2 aliphatic heterocycles. The lowest BCUT2D eigenvalue weighted by molar-refractivity contribution is 0.0331. The minimum Gasteiger partial charge on any atom is -0.496 e. The maximum atomic E-state index is 5.64. The van der Waals surface area contributed by atoms with Gasteiger partial charge in [0.15, 0.2) is 0 Å². The summed E-state index contributed by atoms with van der Waals surface area (Å²) in [6, 6.07) is 8.41. The second kappa shape index (κ2) is 8.73. The van der Waals surface area contributed by atoms with E-state index in [1.165, 1.54) is 21.4 Å². The number of aromatic nitrogens is 2. The van der Waals surface area contributed by atoms with E-state index in [2.05, 4.69) is 41.8 Å². The van der Waals surface area contributed by atoms with Gasteiger partial charge in [-0.25, -0.2) is 9.97 Å². The maximum absolute atomic E-state index is 5.64. The molecule has 31 heavy (non-hydrogen) atoms. The fourth-order valence-electron chi connectivity index (χ4n) is 4.74. The summed E-state index contributed by atoms with van der Waals surface area (Å²) in [6.07, 6.45) is 1.10. The fourth-order valence-corrected chi connectivity index (χ4v) is 5.78. The zero-order valence-electron chi connectivity index (χ0n) is 18.6. The Morgan fingerprint density at radius 3 is 2.74 bits per heavy atom. The van der Waals surface area contributed by atoms with Gasteiger partial charge >= 0.3 is 0 Å². The van der Waals surface area contributed by atoms with Gasteiger partial charge in [-0.2, -0.15) is 0 Å². The SMILES string of the molecule is COc1ccccc1C1CCN(c2nc(CN3CCOCC3)nc3sc(C)c(C)c23)C1. The minimum absolute atomic E-state index is 0.448. The number of rotatable bonds is 5. The standard InChI is InChI=1S/C24H30N4O2S/c1-16-17(2)31-24-22(16)23(25-21(26-24)15-27-10-12-30-13-11-27)28-9-8-18(14-28)19-6-4-5-7-20(19)29-3/h4-7,18H,8-15H2,1-3H3. The second-order valence-corrected chi connectivity index (χ2v) is 9.69. The number of fused-ring (bicyclic) bond motifs is 1. The molecule has 1 atom stereocenters. The fraction of sp³-hybridized carbons (Fsp3) is 0.500. The molecule has 1 aromatic carbocycles. The first-order valence-electron chi connectivity index (χ1n) is 11.1. The van der Waals surface area contributed by atoms with Crippen molar-refractivity contribution in [1.82, 2.24) is 14.9 Å². The number of nitrogens with zero attached hydrogens (tertiary/aromatic N) is 4. The molecule has 4 heterocycles. The Morgan fingerprint density at radius 2 is 1.94 bits per heavy atom. The molecular weight excluding hydrogens is 408 g/mol. The van der Waals surface area contributed by atoms with E-state index in [0.717, 1.165) is 74.6 Å². The molecule has 5 rings (SSSR count). The van der Waals surface area contributed by atoms with Crippen LogP contribution in [0.4, 0.5) is 5.82 Å².